The average molecular weight is 408 g/mol. The molecule has 0 atom stereocenters. The van der Waals surface area contributed by atoms with Gasteiger partial charge in [-0.15, -0.1) is 11.3 Å². The second kappa shape index (κ2) is 7.99. The van der Waals surface area contributed by atoms with Crippen LogP contribution in [-0.2, 0) is 12.8 Å². The number of urea groups is 1. The summed E-state index contributed by atoms with van der Waals surface area (Å²) >= 11 is 1.84. The molecule has 7 heteroatoms. The van der Waals surface area contributed by atoms with Crippen molar-refractivity contribution < 1.29 is 4.79 Å². The number of aromatic nitrogens is 2. The van der Waals surface area contributed by atoms with Gasteiger partial charge in [-0.25, -0.2) is 14.8 Å². The Morgan fingerprint density at radius 3 is 2.69 bits per heavy atom. The molecule has 1 fully saturated rings. The normalized spacial score (nSPS) is 17.2. The minimum Gasteiger partial charge on any atom is -0.356 e. The lowest BCUT2D eigenvalue weighted by molar-refractivity contribution is 0.246. The number of hydrogen-bond acceptors (Lipinski definition) is 5. The second-order valence-electron chi connectivity index (χ2n) is 7.81. The van der Waals surface area contributed by atoms with Crippen molar-refractivity contribution in [3.63, 3.8) is 0 Å². The molecule has 2 aliphatic rings. The Morgan fingerprint density at radius 1 is 1.07 bits per heavy atom. The van der Waals surface area contributed by atoms with E-state index in [0.717, 1.165) is 48.7 Å². The van der Waals surface area contributed by atoms with Crippen LogP contribution in [0.1, 0.15) is 36.1 Å². The molecule has 3 heterocycles. The maximum absolute atomic E-state index is 12.3. The third-order valence-corrected chi connectivity index (χ3v) is 7.09. The minimum absolute atomic E-state index is 0.133. The first-order valence-corrected chi connectivity index (χ1v) is 11.2. The third kappa shape index (κ3) is 3.79. The Balaban J connectivity index is 1.25. The fraction of sp³-hybridized carbons (Fsp3) is 0.409. The highest BCUT2D eigenvalue weighted by Crippen LogP contribution is 2.39. The Hall–Kier alpha value is -2.67. The number of nitrogens with one attached hydrogen (secondary N) is 2. The van der Waals surface area contributed by atoms with Crippen molar-refractivity contribution in [1.29, 1.82) is 0 Å². The zero-order valence-electron chi connectivity index (χ0n) is 16.4. The molecule has 0 spiro atoms. The Kier molecular flexibility index (Phi) is 5.06. The van der Waals surface area contributed by atoms with Crippen LogP contribution in [0.15, 0.2) is 36.7 Å². The molecular formula is C22H25N5OS. The van der Waals surface area contributed by atoms with Crippen LogP contribution >= 0.6 is 11.3 Å². The van der Waals surface area contributed by atoms with Crippen molar-refractivity contribution in [3.05, 3.63) is 47.1 Å². The Morgan fingerprint density at radius 2 is 1.86 bits per heavy atom. The summed E-state index contributed by atoms with van der Waals surface area (Å²) in [5, 5.41) is 7.30. The number of amides is 2. The zero-order chi connectivity index (χ0) is 19.6. The summed E-state index contributed by atoms with van der Waals surface area (Å²) in [5.41, 5.74) is 2.29. The minimum atomic E-state index is -0.133. The van der Waals surface area contributed by atoms with Crippen molar-refractivity contribution in [2.24, 2.45) is 0 Å². The largest absolute Gasteiger partial charge is 0.356 e. The van der Waals surface area contributed by atoms with Gasteiger partial charge in [0.25, 0.3) is 0 Å². The number of thiophene rings is 1. The fourth-order valence-electron chi connectivity index (χ4n) is 4.42. The van der Waals surface area contributed by atoms with E-state index < -0.39 is 0 Å². The molecule has 2 aromatic heterocycles. The topological polar surface area (TPSA) is 70.2 Å². The molecule has 150 valence electrons. The van der Waals surface area contributed by atoms with E-state index in [2.05, 4.69) is 25.5 Å². The highest BCUT2D eigenvalue weighted by molar-refractivity contribution is 7.19. The van der Waals surface area contributed by atoms with Crippen LogP contribution < -0.4 is 15.5 Å². The number of carbonyl (C=O) groups is 1. The van der Waals surface area contributed by atoms with Crippen LogP contribution in [0.4, 0.5) is 16.3 Å². The number of hydrogen-bond donors (Lipinski definition) is 2. The van der Waals surface area contributed by atoms with E-state index in [0.29, 0.717) is 0 Å². The van der Waals surface area contributed by atoms with Gasteiger partial charge in [-0.2, -0.15) is 0 Å². The van der Waals surface area contributed by atoms with Crippen LogP contribution in [0.25, 0.3) is 10.2 Å². The van der Waals surface area contributed by atoms with Gasteiger partial charge >= 0.3 is 6.03 Å². The summed E-state index contributed by atoms with van der Waals surface area (Å²) < 4.78 is 0. The predicted octanol–water partition coefficient (Wildman–Crippen LogP) is 4.36. The highest BCUT2D eigenvalue weighted by atomic mass is 32.1. The van der Waals surface area contributed by atoms with E-state index in [9.17, 15) is 4.79 Å². The second-order valence-corrected chi connectivity index (χ2v) is 8.90. The average Bonchev–Trinajstić information content (AvgIpc) is 3.14. The van der Waals surface area contributed by atoms with Gasteiger partial charge in [-0.05, 0) is 56.2 Å². The molecule has 2 N–H and O–H groups in total. The van der Waals surface area contributed by atoms with Gasteiger partial charge in [-0.1, -0.05) is 18.2 Å². The molecule has 3 aromatic rings. The van der Waals surface area contributed by atoms with Gasteiger partial charge in [0.05, 0.1) is 5.39 Å². The van der Waals surface area contributed by atoms with E-state index in [1.165, 1.54) is 35.1 Å². The predicted molar refractivity (Wildman–Crippen MR) is 118 cm³/mol. The molecule has 0 bridgehead atoms. The van der Waals surface area contributed by atoms with Gasteiger partial charge in [0, 0.05) is 29.7 Å². The molecule has 1 saturated heterocycles. The summed E-state index contributed by atoms with van der Waals surface area (Å²) in [6.45, 7) is 1.79. The van der Waals surface area contributed by atoms with Crippen molar-refractivity contribution >= 4 is 39.1 Å². The van der Waals surface area contributed by atoms with Crippen LogP contribution in [0.5, 0.6) is 0 Å². The number of fused-ring (bicyclic) bond motifs is 3. The molecule has 6 nitrogen and oxygen atoms in total. The molecule has 1 aliphatic carbocycles. The van der Waals surface area contributed by atoms with Crippen molar-refractivity contribution in [2.45, 2.75) is 44.6 Å². The van der Waals surface area contributed by atoms with E-state index in [-0.39, 0.29) is 12.1 Å². The van der Waals surface area contributed by atoms with Gasteiger partial charge in [-0.3, -0.25) is 0 Å². The lowest BCUT2D eigenvalue weighted by Gasteiger charge is -2.33. The highest BCUT2D eigenvalue weighted by Gasteiger charge is 2.26. The van der Waals surface area contributed by atoms with Gasteiger partial charge < -0.3 is 15.5 Å². The third-order valence-electron chi connectivity index (χ3n) is 5.89. The van der Waals surface area contributed by atoms with E-state index >= 15 is 0 Å². The van der Waals surface area contributed by atoms with Crippen LogP contribution in [0.2, 0.25) is 0 Å². The van der Waals surface area contributed by atoms with Crippen molar-refractivity contribution in [3.8, 4) is 0 Å². The molecule has 0 unspecified atom stereocenters. The maximum Gasteiger partial charge on any atom is 0.319 e. The number of para-hydroxylation sites is 1. The summed E-state index contributed by atoms with van der Waals surface area (Å²) in [4.78, 5) is 26.5. The van der Waals surface area contributed by atoms with Crippen molar-refractivity contribution in [1.82, 2.24) is 15.3 Å². The molecular weight excluding hydrogens is 382 g/mol. The summed E-state index contributed by atoms with van der Waals surface area (Å²) in [7, 11) is 0. The van der Waals surface area contributed by atoms with E-state index in [4.69, 9.17) is 0 Å². The lowest BCUT2D eigenvalue weighted by atomic mass is 9.96. The summed E-state index contributed by atoms with van der Waals surface area (Å²) in [6.07, 6.45) is 8.41. The van der Waals surface area contributed by atoms with Crippen LogP contribution in [0.3, 0.4) is 0 Å². The smallest absolute Gasteiger partial charge is 0.319 e. The van der Waals surface area contributed by atoms with E-state index in [1.807, 2.05) is 41.7 Å². The number of rotatable bonds is 3. The zero-order valence-corrected chi connectivity index (χ0v) is 17.2. The number of carbonyl (C=O) groups excluding carboxylic acids is 1. The SMILES string of the molecule is O=C(Nc1ccccc1)NC1CCN(c2ncnc3sc4c(c23)CCCC4)CC1. The first-order valence-electron chi connectivity index (χ1n) is 10.4. The Bertz CT molecular complexity index is 1010. The monoisotopic (exact) mass is 407 g/mol. The fourth-order valence-corrected chi connectivity index (χ4v) is 5.65. The van der Waals surface area contributed by atoms with Gasteiger partial charge in [0.1, 0.15) is 17.0 Å². The molecule has 29 heavy (non-hydrogen) atoms. The molecule has 1 aromatic carbocycles. The summed E-state index contributed by atoms with van der Waals surface area (Å²) in [6, 6.07) is 9.61. The molecule has 0 saturated carbocycles. The number of anilines is 2. The van der Waals surface area contributed by atoms with Gasteiger partial charge in [0.15, 0.2) is 0 Å². The van der Waals surface area contributed by atoms with Gasteiger partial charge in [0.2, 0.25) is 0 Å². The van der Waals surface area contributed by atoms with E-state index in [1.54, 1.807) is 6.33 Å². The lowest BCUT2D eigenvalue weighted by Crippen LogP contribution is -2.46. The summed E-state index contributed by atoms with van der Waals surface area (Å²) in [5.74, 6) is 1.08. The Labute approximate surface area is 174 Å². The first-order chi connectivity index (χ1) is 14.3. The molecule has 2 amide bonds. The number of benzene rings is 1. The maximum atomic E-state index is 12.3. The molecule has 1 aliphatic heterocycles. The number of aryl methyl sites for hydroxylation is 2. The standard InChI is InChI=1S/C22H25N5OS/c28-22(25-15-6-2-1-3-7-15)26-16-10-12-27(13-11-16)20-19-17-8-4-5-9-18(17)29-21(19)24-14-23-20/h1-3,6-7,14,16H,4-5,8-13H2,(H2,25,26,28). The van der Waals surface area contributed by atoms with Crippen LogP contribution in [0, 0.1) is 0 Å². The number of nitrogens with zero attached hydrogens (tertiary/aromatic N) is 3. The quantitative estimate of drug-likeness (QED) is 0.677. The first kappa shape index (κ1) is 18.4. The van der Waals surface area contributed by atoms with Crippen molar-refractivity contribution in [2.75, 3.05) is 23.3 Å². The number of piperidine rings is 1. The molecule has 0 radical (unpaired) electrons. The van der Waals surface area contributed by atoms with Crippen LogP contribution in [-0.4, -0.2) is 35.1 Å². The molecule has 5 rings (SSSR count).